The van der Waals surface area contributed by atoms with Crippen LogP contribution in [0.5, 0.6) is 0 Å². The molecule has 0 aliphatic rings. The highest BCUT2D eigenvalue weighted by molar-refractivity contribution is 8.01. The molecule has 0 aliphatic heterocycles. The van der Waals surface area contributed by atoms with Crippen LogP contribution in [0.2, 0.25) is 0 Å². The maximum Gasteiger partial charge on any atom is -0.0142 e. The standard InChI is InChI=1S/C4H8S/c1-3-4-5-2/h3-4H,1-2H3/b4-3+. The zero-order chi connectivity index (χ0) is 4.12. The van der Waals surface area contributed by atoms with Gasteiger partial charge in [-0.05, 0) is 18.6 Å². The molecule has 0 aromatic heterocycles. The first-order valence-electron chi connectivity index (χ1n) is 1.55. The molecule has 1 heteroatoms. The van der Waals surface area contributed by atoms with Gasteiger partial charge in [0.2, 0.25) is 0 Å². The van der Waals surface area contributed by atoms with Crippen LogP contribution in [0.3, 0.4) is 0 Å². The van der Waals surface area contributed by atoms with Gasteiger partial charge in [0.1, 0.15) is 0 Å². The van der Waals surface area contributed by atoms with Gasteiger partial charge in [0, 0.05) is 0 Å². The second kappa shape index (κ2) is 4.09. The van der Waals surface area contributed by atoms with Gasteiger partial charge in [-0.25, -0.2) is 0 Å². The van der Waals surface area contributed by atoms with Crippen LogP contribution < -0.4 is 0 Å². The Morgan fingerprint density at radius 1 is 1.60 bits per heavy atom. The van der Waals surface area contributed by atoms with Gasteiger partial charge in [0.05, 0.1) is 0 Å². The van der Waals surface area contributed by atoms with Crippen LogP contribution in [0.1, 0.15) is 6.92 Å². The largest absolute Gasteiger partial charge is 0.138 e. The highest BCUT2D eigenvalue weighted by Crippen LogP contribution is 1.89. The quantitative estimate of drug-likeness (QED) is 0.471. The first-order chi connectivity index (χ1) is 2.41. The molecule has 0 rings (SSSR count). The molecule has 0 aromatic rings. The fourth-order valence-corrected chi connectivity index (χ4v) is 0.408. The van der Waals surface area contributed by atoms with Crippen molar-refractivity contribution < 1.29 is 0 Å². The van der Waals surface area contributed by atoms with Crippen LogP contribution >= 0.6 is 11.8 Å². The van der Waals surface area contributed by atoms with E-state index in [-0.39, 0.29) is 0 Å². The summed E-state index contributed by atoms with van der Waals surface area (Å²) < 4.78 is 0. The van der Waals surface area contributed by atoms with Gasteiger partial charge in [-0.1, -0.05) is 6.08 Å². The van der Waals surface area contributed by atoms with Gasteiger partial charge in [-0.3, -0.25) is 0 Å². The van der Waals surface area contributed by atoms with Gasteiger partial charge in [0.25, 0.3) is 0 Å². The third-order valence-corrected chi connectivity index (χ3v) is 0.816. The van der Waals surface area contributed by atoms with E-state index in [0.717, 1.165) is 0 Å². The van der Waals surface area contributed by atoms with E-state index < -0.39 is 0 Å². The monoisotopic (exact) mass is 88.0 g/mol. The van der Waals surface area contributed by atoms with Gasteiger partial charge < -0.3 is 0 Å². The Kier molecular flexibility index (Phi) is 4.16. The van der Waals surface area contributed by atoms with Gasteiger partial charge in [-0.15, -0.1) is 11.8 Å². The van der Waals surface area contributed by atoms with Crippen molar-refractivity contribution in [3.63, 3.8) is 0 Å². The molecule has 0 fully saturated rings. The average molecular weight is 88.2 g/mol. The predicted molar refractivity (Wildman–Crippen MR) is 28.3 cm³/mol. The second-order valence-corrected chi connectivity index (χ2v) is 1.45. The summed E-state index contributed by atoms with van der Waals surface area (Å²) in [6, 6.07) is 0. The number of hydrogen-bond acceptors (Lipinski definition) is 1. The van der Waals surface area contributed by atoms with Crippen molar-refractivity contribution >= 4 is 11.8 Å². The van der Waals surface area contributed by atoms with E-state index >= 15 is 0 Å². The molecule has 0 nitrogen and oxygen atoms in total. The van der Waals surface area contributed by atoms with E-state index in [1.54, 1.807) is 11.8 Å². The van der Waals surface area contributed by atoms with Gasteiger partial charge in [0.15, 0.2) is 0 Å². The molecule has 0 aromatic carbocycles. The topological polar surface area (TPSA) is 0 Å². The number of hydrogen-bond donors (Lipinski definition) is 0. The molecule has 5 heavy (non-hydrogen) atoms. The van der Waals surface area contributed by atoms with Crippen molar-refractivity contribution in [2.75, 3.05) is 6.26 Å². The summed E-state index contributed by atoms with van der Waals surface area (Å²) in [4.78, 5) is 0. The van der Waals surface area contributed by atoms with Crippen molar-refractivity contribution in [2.45, 2.75) is 6.92 Å². The molecule has 0 N–H and O–H groups in total. The average Bonchev–Trinajstić information content (AvgIpc) is 1.41. The molecule has 0 radical (unpaired) electrons. The zero-order valence-electron chi connectivity index (χ0n) is 3.56. The summed E-state index contributed by atoms with van der Waals surface area (Å²) in [7, 11) is 0. The van der Waals surface area contributed by atoms with Crippen molar-refractivity contribution in [1.82, 2.24) is 0 Å². The molecule has 0 unspecified atom stereocenters. The van der Waals surface area contributed by atoms with E-state index in [1.165, 1.54) is 0 Å². The molecule has 0 aliphatic carbocycles. The van der Waals surface area contributed by atoms with E-state index in [9.17, 15) is 0 Å². The zero-order valence-corrected chi connectivity index (χ0v) is 4.38. The predicted octanol–water partition coefficient (Wildman–Crippen LogP) is 1.88. The molecule has 0 atom stereocenters. The summed E-state index contributed by atoms with van der Waals surface area (Å²) >= 11 is 1.72. The van der Waals surface area contributed by atoms with E-state index in [1.807, 2.05) is 24.7 Å². The number of thioether (sulfide) groups is 1. The Balaban J connectivity index is 2.62. The summed E-state index contributed by atoms with van der Waals surface area (Å²) in [6.07, 6.45) is 4.06. The minimum atomic E-state index is 1.72. The maximum atomic E-state index is 2.04. The molecule has 0 bridgehead atoms. The minimum Gasteiger partial charge on any atom is -0.138 e. The summed E-state index contributed by atoms with van der Waals surface area (Å²) in [5.41, 5.74) is 0. The molecular formula is C4H8S. The smallest absolute Gasteiger partial charge is 0.0142 e. The fraction of sp³-hybridized carbons (Fsp3) is 0.500. The molecule has 0 spiro atoms. The lowest BCUT2D eigenvalue weighted by Gasteiger charge is -1.66. The maximum absolute atomic E-state index is 2.04. The molecule has 30 valence electrons. The molecule has 0 saturated carbocycles. The highest BCUT2D eigenvalue weighted by Gasteiger charge is 1.51. The first kappa shape index (κ1) is 5.09. The highest BCUT2D eigenvalue weighted by atomic mass is 32.2. The van der Waals surface area contributed by atoms with Gasteiger partial charge in [-0.2, -0.15) is 0 Å². The Labute approximate surface area is 37.3 Å². The Hall–Kier alpha value is 0.0900. The Morgan fingerprint density at radius 3 is 2.20 bits per heavy atom. The number of rotatable bonds is 1. The summed E-state index contributed by atoms with van der Waals surface area (Å²) in [5.74, 6) is 0. The lowest BCUT2D eigenvalue weighted by Crippen LogP contribution is -1.34. The van der Waals surface area contributed by atoms with Crippen LogP contribution in [0.25, 0.3) is 0 Å². The van der Waals surface area contributed by atoms with Crippen LogP contribution in [0.4, 0.5) is 0 Å². The second-order valence-electron chi connectivity index (χ2n) is 0.705. The SMILES string of the molecule is C/C=C/SC. The van der Waals surface area contributed by atoms with Crippen LogP contribution in [-0.2, 0) is 0 Å². The van der Waals surface area contributed by atoms with Crippen LogP contribution in [0.15, 0.2) is 11.5 Å². The normalized spacial score (nSPS) is 10.0. The molecule has 0 heterocycles. The first-order valence-corrected chi connectivity index (χ1v) is 2.84. The molecule has 0 amide bonds. The van der Waals surface area contributed by atoms with Crippen molar-refractivity contribution in [3.8, 4) is 0 Å². The van der Waals surface area contributed by atoms with Gasteiger partial charge >= 0.3 is 0 Å². The molecular weight excluding hydrogens is 80.1 g/mol. The van der Waals surface area contributed by atoms with Crippen molar-refractivity contribution in [2.24, 2.45) is 0 Å². The van der Waals surface area contributed by atoms with Crippen LogP contribution in [0, 0.1) is 0 Å². The lowest BCUT2D eigenvalue weighted by molar-refractivity contribution is 1.79. The van der Waals surface area contributed by atoms with Crippen molar-refractivity contribution in [3.05, 3.63) is 11.5 Å². The van der Waals surface area contributed by atoms with E-state index in [2.05, 4.69) is 0 Å². The van der Waals surface area contributed by atoms with E-state index in [0.29, 0.717) is 0 Å². The molecule has 0 saturated heterocycles. The Morgan fingerprint density at radius 2 is 2.20 bits per heavy atom. The summed E-state index contributed by atoms with van der Waals surface area (Å²) in [6.45, 7) is 2.01. The lowest BCUT2D eigenvalue weighted by atomic mass is 10.8. The fourth-order valence-electron chi connectivity index (χ4n) is 0.136. The Bertz CT molecular complexity index is 30.6. The van der Waals surface area contributed by atoms with Crippen molar-refractivity contribution in [1.29, 1.82) is 0 Å². The third kappa shape index (κ3) is 4.09. The minimum absolute atomic E-state index is 1.72. The van der Waals surface area contributed by atoms with E-state index in [4.69, 9.17) is 0 Å². The van der Waals surface area contributed by atoms with Crippen LogP contribution in [-0.4, -0.2) is 6.26 Å². The number of allylic oxidation sites excluding steroid dienone is 1. The third-order valence-electron chi connectivity index (χ3n) is 0.272. The summed E-state index contributed by atoms with van der Waals surface area (Å²) in [5, 5.41) is 2.04.